The maximum Gasteiger partial charge on any atom is 0.501 e. The van der Waals surface area contributed by atoms with E-state index in [2.05, 4.69) is 0 Å². The quantitative estimate of drug-likeness (QED) is 0.677. The fourth-order valence-electron chi connectivity index (χ4n) is 1.58. The minimum absolute atomic E-state index is 0.0346. The van der Waals surface area contributed by atoms with Gasteiger partial charge in [-0.25, -0.2) is 12.8 Å². The number of ether oxygens (including phenoxy) is 1. The second kappa shape index (κ2) is 6.18. The average molecular weight is 389 g/mol. The molecule has 10 heteroatoms. The van der Waals surface area contributed by atoms with Gasteiger partial charge in [0.05, 0.1) is 9.92 Å². The maximum absolute atomic E-state index is 13.2. The van der Waals surface area contributed by atoms with Gasteiger partial charge in [-0.3, -0.25) is 0 Å². The molecule has 0 unspecified atom stereocenters. The summed E-state index contributed by atoms with van der Waals surface area (Å²) in [5, 5.41) is -0.358. The van der Waals surface area contributed by atoms with Crippen LogP contribution in [0.15, 0.2) is 41.3 Å². The highest BCUT2D eigenvalue weighted by atomic mass is 35.5. The Labute approximate surface area is 138 Å². The van der Waals surface area contributed by atoms with Gasteiger partial charge in [0.15, 0.2) is 0 Å². The van der Waals surface area contributed by atoms with Crippen LogP contribution in [0.2, 0.25) is 10.0 Å². The highest BCUT2D eigenvalue weighted by Crippen LogP contribution is 2.36. The molecule has 0 aromatic heterocycles. The molecule has 0 amide bonds. The summed E-state index contributed by atoms with van der Waals surface area (Å²) in [4.78, 5) is -1.03. The molecule has 0 aliphatic rings. The van der Waals surface area contributed by atoms with Crippen LogP contribution in [0.1, 0.15) is 0 Å². The fraction of sp³-hybridized carbons (Fsp3) is 0.0769. The van der Waals surface area contributed by atoms with E-state index in [1.807, 2.05) is 0 Å². The van der Waals surface area contributed by atoms with E-state index in [9.17, 15) is 26.0 Å². The Hall–Kier alpha value is -1.51. The minimum atomic E-state index is -5.52. The summed E-state index contributed by atoms with van der Waals surface area (Å²) in [6.45, 7) is 0. The Kier molecular flexibility index (Phi) is 4.79. The van der Waals surface area contributed by atoms with Gasteiger partial charge in [0.1, 0.15) is 17.3 Å². The van der Waals surface area contributed by atoms with Crippen molar-refractivity contribution in [1.82, 2.24) is 0 Å². The van der Waals surface area contributed by atoms with Gasteiger partial charge in [-0.2, -0.15) is 13.2 Å². The van der Waals surface area contributed by atoms with Crippen molar-refractivity contribution < 1.29 is 30.7 Å². The molecule has 0 spiro atoms. The molecular weight excluding hydrogens is 383 g/mol. The Balaban J connectivity index is 2.37. The van der Waals surface area contributed by atoms with E-state index in [1.54, 1.807) is 0 Å². The summed E-state index contributed by atoms with van der Waals surface area (Å²) in [7, 11) is -5.52. The number of sulfone groups is 1. The largest absolute Gasteiger partial charge is 0.501 e. The van der Waals surface area contributed by atoms with Gasteiger partial charge in [0.25, 0.3) is 9.84 Å². The van der Waals surface area contributed by atoms with Crippen molar-refractivity contribution in [1.29, 1.82) is 0 Å². The summed E-state index contributed by atoms with van der Waals surface area (Å²) in [5.41, 5.74) is -5.45. The van der Waals surface area contributed by atoms with Gasteiger partial charge in [-0.15, -0.1) is 0 Å². The second-order valence-corrected chi connectivity index (χ2v) is 7.03. The van der Waals surface area contributed by atoms with Gasteiger partial charge in [0.2, 0.25) is 0 Å². The lowest BCUT2D eigenvalue weighted by atomic mass is 10.3. The van der Waals surface area contributed by atoms with E-state index in [0.29, 0.717) is 12.1 Å². The first kappa shape index (κ1) is 17.8. The molecule has 0 N–H and O–H groups in total. The predicted octanol–water partition coefficient (Wildman–Crippen LogP) is 5.22. The minimum Gasteiger partial charge on any atom is -0.456 e. The van der Waals surface area contributed by atoms with E-state index in [1.165, 1.54) is 6.07 Å². The Morgan fingerprint density at radius 3 is 2.17 bits per heavy atom. The summed E-state index contributed by atoms with van der Waals surface area (Å²) in [6, 6.07) is 5.46. The van der Waals surface area contributed by atoms with Gasteiger partial charge >= 0.3 is 5.51 Å². The van der Waals surface area contributed by atoms with Crippen LogP contribution in [-0.2, 0) is 9.84 Å². The first-order chi connectivity index (χ1) is 10.5. The Morgan fingerprint density at radius 2 is 1.65 bits per heavy atom. The normalized spacial score (nSPS) is 12.3. The molecule has 0 saturated heterocycles. The molecule has 0 fully saturated rings. The van der Waals surface area contributed by atoms with Crippen molar-refractivity contribution in [3.63, 3.8) is 0 Å². The van der Waals surface area contributed by atoms with Gasteiger partial charge in [0, 0.05) is 11.1 Å². The Morgan fingerprint density at radius 1 is 1.00 bits per heavy atom. The number of alkyl halides is 3. The maximum atomic E-state index is 13.2. The van der Waals surface area contributed by atoms with Crippen molar-refractivity contribution in [2.24, 2.45) is 0 Å². The highest BCUT2D eigenvalue weighted by Gasteiger charge is 2.47. The monoisotopic (exact) mass is 388 g/mol. The molecule has 0 heterocycles. The molecular formula is C13H6Cl2F4O3S. The lowest BCUT2D eigenvalue weighted by molar-refractivity contribution is -0.0436. The molecule has 124 valence electrons. The van der Waals surface area contributed by atoms with Gasteiger partial charge in [-0.05, 0) is 30.3 Å². The molecule has 0 aliphatic carbocycles. The second-order valence-electron chi connectivity index (χ2n) is 4.25. The van der Waals surface area contributed by atoms with E-state index < -0.39 is 31.1 Å². The number of halogens is 6. The van der Waals surface area contributed by atoms with Crippen molar-refractivity contribution in [3.8, 4) is 11.5 Å². The van der Waals surface area contributed by atoms with Crippen molar-refractivity contribution in [3.05, 3.63) is 52.3 Å². The lowest BCUT2D eigenvalue weighted by Gasteiger charge is -2.11. The van der Waals surface area contributed by atoms with Crippen LogP contribution >= 0.6 is 23.2 Å². The summed E-state index contributed by atoms with van der Waals surface area (Å²) < 4.78 is 78.3. The topological polar surface area (TPSA) is 43.4 Å². The van der Waals surface area contributed by atoms with Crippen LogP contribution in [0.4, 0.5) is 17.6 Å². The molecule has 0 aliphatic heterocycles. The molecule has 0 saturated carbocycles. The first-order valence-electron chi connectivity index (χ1n) is 5.75. The van der Waals surface area contributed by atoms with Crippen LogP contribution in [0.25, 0.3) is 0 Å². The SMILES string of the molecule is O=S(=O)(c1ccc(Oc2cc(F)cc(Cl)c2)c(Cl)c1)C(F)(F)F. The zero-order valence-electron chi connectivity index (χ0n) is 10.9. The molecule has 3 nitrogen and oxygen atoms in total. The van der Waals surface area contributed by atoms with Crippen LogP contribution in [0.5, 0.6) is 11.5 Å². The number of benzene rings is 2. The zero-order chi connectivity index (χ0) is 17.4. The summed E-state index contributed by atoms with van der Waals surface area (Å²) >= 11 is 11.4. The van der Waals surface area contributed by atoms with Crippen LogP contribution < -0.4 is 4.74 Å². The standard InChI is InChI=1S/C13H6Cl2F4O3S/c14-7-3-8(16)5-9(4-7)22-12-2-1-10(6-11(12)15)23(20,21)13(17,18)19/h1-6H. The van der Waals surface area contributed by atoms with Crippen molar-refractivity contribution in [2.45, 2.75) is 10.4 Å². The van der Waals surface area contributed by atoms with Crippen molar-refractivity contribution >= 4 is 33.0 Å². The molecule has 0 atom stereocenters. The third kappa shape index (κ3) is 3.88. The third-order valence-electron chi connectivity index (χ3n) is 2.58. The summed E-state index contributed by atoms with van der Waals surface area (Å²) in [6.07, 6.45) is 0. The highest BCUT2D eigenvalue weighted by molar-refractivity contribution is 7.92. The van der Waals surface area contributed by atoms with Crippen LogP contribution in [0.3, 0.4) is 0 Å². The fourth-order valence-corrected chi connectivity index (χ4v) is 2.86. The lowest BCUT2D eigenvalue weighted by Crippen LogP contribution is -2.23. The summed E-state index contributed by atoms with van der Waals surface area (Å²) in [5.74, 6) is -0.905. The molecule has 2 aromatic rings. The average Bonchev–Trinajstić information content (AvgIpc) is 2.38. The third-order valence-corrected chi connectivity index (χ3v) is 4.58. The van der Waals surface area contributed by atoms with Crippen LogP contribution in [0, 0.1) is 5.82 Å². The molecule has 23 heavy (non-hydrogen) atoms. The predicted molar refractivity (Wildman–Crippen MR) is 76.2 cm³/mol. The van der Waals surface area contributed by atoms with E-state index in [0.717, 1.165) is 18.2 Å². The number of rotatable bonds is 3. The van der Waals surface area contributed by atoms with Gasteiger partial charge in [-0.1, -0.05) is 23.2 Å². The van der Waals surface area contributed by atoms with E-state index in [4.69, 9.17) is 27.9 Å². The zero-order valence-corrected chi connectivity index (χ0v) is 13.2. The first-order valence-corrected chi connectivity index (χ1v) is 7.99. The number of hydrogen-bond acceptors (Lipinski definition) is 3. The van der Waals surface area contributed by atoms with E-state index in [-0.39, 0.29) is 16.5 Å². The molecule has 2 aromatic carbocycles. The molecule has 0 bridgehead atoms. The van der Waals surface area contributed by atoms with Crippen molar-refractivity contribution in [2.75, 3.05) is 0 Å². The smallest absolute Gasteiger partial charge is 0.456 e. The molecule has 2 rings (SSSR count). The van der Waals surface area contributed by atoms with E-state index >= 15 is 0 Å². The van der Waals surface area contributed by atoms with Crippen LogP contribution in [-0.4, -0.2) is 13.9 Å². The Bertz CT molecular complexity index is 831. The molecule has 0 radical (unpaired) electrons. The van der Waals surface area contributed by atoms with Gasteiger partial charge < -0.3 is 4.74 Å². The number of hydrogen-bond donors (Lipinski definition) is 0.